The number of hydrogen-bond acceptors (Lipinski definition) is 2. The summed E-state index contributed by atoms with van der Waals surface area (Å²) >= 11 is 0. The third-order valence-corrected chi connectivity index (χ3v) is 5.90. The molecule has 0 fully saturated rings. The van der Waals surface area contributed by atoms with E-state index in [2.05, 4.69) is 37.8 Å². The van der Waals surface area contributed by atoms with Crippen molar-refractivity contribution in [1.82, 2.24) is 4.90 Å². The van der Waals surface area contributed by atoms with Gasteiger partial charge >= 0.3 is 0 Å². The first-order chi connectivity index (χ1) is 13.6. The highest BCUT2D eigenvalue weighted by molar-refractivity contribution is 5.43. The van der Waals surface area contributed by atoms with Crippen LogP contribution >= 0.6 is 0 Å². The maximum Gasteiger partial charge on any atom is 0.122 e. The first-order valence-corrected chi connectivity index (χ1v) is 12.2. The van der Waals surface area contributed by atoms with E-state index < -0.39 is 0 Å². The summed E-state index contributed by atoms with van der Waals surface area (Å²) in [6.45, 7) is 12.0. The molecule has 0 aromatic heterocycles. The van der Waals surface area contributed by atoms with Gasteiger partial charge in [-0.25, -0.2) is 0 Å². The average molecular weight is 390 g/mol. The van der Waals surface area contributed by atoms with Gasteiger partial charge in [-0.05, 0) is 50.4 Å². The van der Waals surface area contributed by atoms with Crippen molar-refractivity contribution in [3.8, 4) is 5.75 Å². The van der Waals surface area contributed by atoms with E-state index in [9.17, 15) is 5.11 Å². The lowest BCUT2D eigenvalue weighted by Crippen LogP contribution is -2.26. The summed E-state index contributed by atoms with van der Waals surface area (Å²) in [6.07, 6.45) is 17.2. The quantitative estimate of drug-likeness (QED) is 0.275. The van der Waals surface area contributed by atoms with Crippen molar-refractivity contribution in [3.05, 3.63) is 28.8 Å². The normalized spacial score (nSPS) is 11.5. The van der Waals surface area contributed by atoms with Crippen LogP contribution in [0.25, 0.3) is 0 Å². The van der Waals surface area contributed by atoms with Gasteiger partial charge in [0.2, 0.25) is 0 Å². The van der Waals surface area contributed by atoms with E-state index in [1.807, 2.05) is 6.92 Å². The highest BCUT2D eigenvalue weighted by Crippen LogP contribution is 2.26. The molecule has 1 aromatic rings. The second kappa shape index (κ2) is 15.9. The molecule has 0 amide bonds. The van der Waals surface area contributed by atoms with Crippen molar-refractivity contribution >= 4 is 0 Å². The van der Waals surface area contributed by atoms with Gasteiger partial charge in [0, 0.05) is 12.1 Å². The lowest BCUT2D eigenvalue weighted by molar-refractivity contribution is 0.249. The standard InChI is InChI=1S/C26H47NO/c1-5-8-10-12-14-16-18-27(19-17-15-13-11-9-6-2)22-25-21-24(7-3)20-23(4)26(25)28/h20-21,28H,5-19,22H2,1-4H3. The molecule has 0 aliphatic rings. The minimum Gasteiger partial charge on any atom is -0.507 e. The predicted octanol–water partition coefficient (Wildman–Crippen LogP) is 7.79. The van der Waals surface area contributed by atoms with Crippen molar-refractivity contribution in [1.29, 1.82) is 0 Å². The van der Waals surface area contributed by atoms with Crippen molar-refractivity contribution in [3.63, 3.8) is 0 Å². The molecule has 1 aromatic carbocycles. The minimum absolute atomic E-state index is 0.507. The smallest absolute Gasteiger partial charge is 0.122 e. The van der Waals surface area contributed by atoms with Crippen LogP contribution in [0, 0.1) is 6.92 Å². The topological polar surface area (TPSA) is 23.5 Å². The van der Waals surface area contributed by atoms with Gasteiger partial charge in [-0.2, -0.15) is 0 Å². The summed E-state index contributed by atoms with van der Waals surface area (Å²) in [4.78, 5) is 2.59. The first-order valence-electron chi connectivity index (χ1n) is 12.2. The van der Waals surface area contributed by atoms with Crippen LogP contribution in [0.1, 0.15) is 115 Å². The summed E-state index contributed by atoms with van der Waals surface area (Å²) in [5.74, 6) is 0.507. The van der Waals surface area contributed by atoms with Gasteiger partial charge in [0.1, 0.15) is 5.75 Å². The molecule has 0 unspecified atom stereocenters. The number of phenols is 1. The van der Waals surface area contributed by atoms with E-state index in [0.717, 1.165) is 37.2 Å². The van der Waals surface area contributed by atoms with Gasteiger partial charge in [-0.3, -0.25) is 4.90 Å². The van der Waals surface area contributed by atoms with E-state index in [4.69, 9.17) is 0 Å². The molecule has 0 heterocycles. The molecule has 0 bridgehead atoms. The van der Waals surface area contributed by atoms with Crippen LogP contribution < -0.4 is 0 Å². The van der Waals surface area contributed by atoms with Crippen molar-refractivity contribution < 1.29 is 5.11 Å². The highest BCUT2D eigenvalue weighted by atomic mass is 16.3. The Bertz CT molecular complexity index is 495. The molecule has 162 valence electrons. The largest absolute Gasteiger partial charge is 0.507 e. The fraction of sp³-hybridized carbons (Fsp3) is 0.769. The number of aromatic hydroxyl groups is 1. The van der Waals surface area contributed by atoms with Crippen molar-refractivity contribution in [2.24, 2.45) is 0 Å². The van der Waals surface area contributed by atoms with Gasteiger partial charge in [0.25, 0.3) is 0 Å². The van der Waals surface area contributed by atoms with Gasteiger partial charge < -0.3 is 5.11 Å². The molecule has 0 aliphatic carbocycles. The Hall–Kier alpha value is -1.02. The van der Waals surface area contributed by atoms with Crippen LogP contribution in [-0.4, -0.2) is 23.1 Å². The van der Waals surface area contributed by atoms with Crippen molar-refractivity contribution in [2.75, 3.05) is 13.1 Å². The molecule has 2 nitrogen and oxygen atoms in total. The van der Waals surface area contributed by atoms with E-state index in [1.54, 1.807) is 0 Å². The van der Waals surface area contributed by atoms with Crippen LogP contribution in [0.4, 0.5) is 0 Å². The van der Waals surface area contributed by atoms with E-state index in [0.29, 0.717) is 5.75 Å². The molecule has 0 aliphatic heterocycles. The van der Waals surface area contributed by atoms with Crippen LogP contribution in [0.5, 0.6) is 5.75 Å². The molecule has 28 heavy (non-hydrogen) atoms. The zero-order valence-corrected chi connectivity index (χ0v) is 19.4. The highest BCUT2D eigenvalue weighted by Gasteiger charge is 2.12. The minimum atomic E-state index is 0.507. The van der Waals surface area contributed by atoms with Crippen LogP contribution in [-0.2, 0) is 13.0 Å². The lowest BCUT2D eigenvalue weighted by atomic mass is 10.0. The van der Waals surface area contributed by atoms with E-state index >= 15 is 0 Å². The first kappa shape index (κ1) is 25.0. The Morgan fingerprint density at radius 3 is 1.71 bits per heavy atom. The Kier molecular flexibility index (Phi) is 14.2. The average Bonchev–Trinajstić information content (AvgIpc) is 2.70. The number of phenolic OH excluding ortho intramolecular Hbond substituents is 1. The van der Waals surface area contributed by atoms with Crippen LogP contribution in [0.15, 0.2) is 12.1 Å². The van der Waals surface area contributed by atoms with Gasteiger partial charge in [0.15, 0.2) is 0 Å². The zero-order chi connectivity index (χ0) is 20.6. The fourth-order valence-corrected chi connectivity index (χ4v) is 4.00. The maximum atomic E-state index is 10.6. The Balaban J connectivity index is 2.57. The second-order valence-corrected chi connectivity index (χ2v) is 8.59. The number of benzene rings is 1. The monoisotopic (exact) mass is 389 g/mol. The molecular formula is C26H47NO. The van der Waals surface area contributed by atoms with Crippen molar-refractivity contribution in [2.45, 2.75) is 118 Å². The molecule has 0 atom stereocenters. The van der Waals surface area contributed by atoms with Gasteiger partial charge in [-0.1, -0.05) is 97.1 Å². The molecule has 0 saturated heterocycles. The number of rotatable bonds is 17. The molecule has 0 saturated carbocycles. The molecule has 0 spiro atoms. The maximum absolute atomic E-state index is 10.6. The summed E-state index contributed by atoms with van der Waals surface area (Å²) < 4.78 is 0. The molecule has 1 rings (SSSR count). The molecule has 1 N–H and O–H groups in total. The Labute approximate surface area is 175 Å². The SMILES string of the molecule is CCCCCCCCN(CCCCCCCC)Cc1cc(CC)cc(C)c1O. The van der Waals surface area contributed by atoms with Crippen LogP contribution in [0.3, 0.4) is 0 Å². The number of unbranched alkanes of at least 4 members (excludes halogenated alkanes) is 10. The third-order valence-electron chi connectivity index (χ3n) is 5.90. The lowest BCUT2D eigenvalue weighted by Gasteiger charge is -2.24. The number of nitrogens with zero attached hydrogens (tertiary/aromatic N) is 1. The molecule has 0 radical (unpaired) electrons. The van der Waals surface area contributed by atoms with Gasteiger partial charge in [-0.15, -0.1) is 0 Å². The van der Waals surface area contributed by atoms with E-state index in [1.165, 1.54) is 82.6 Å². The zero-order valence-electron chi connectivity index (χ0n) is 19.4. The van der Waals surface area contributed by atoms with E-state index in [-0.39, 0.29) is 0 Å². The molecular weight excluding hydrogens is 342 g/mol. The number of aryl methyl sites for hydroxylation is 2. The van der Waals surface area contributed by atoms with Gasteiger partial charge in [0.05, 0.1) is 0 Å². The molecule has 2 heteroatoms. The summed E-state index contributed by atoms with van der Waals surface area (Å²) in [5.41, 5.74) is 3.48. The predicted molar refractivity (Wildman–Crippen MR) is 124 cm³/mol. The second-order valence-electron chi connectivity index (χ2n) is 8.59. The third kappa shape index (κ3) is 10.5. The Morgan fingerprint density at radius 2 is 1.21 bits per heavy atom. The number of hydrogen-bond donors (Lipinski definition) is 1. The summed E-state index contributed by atoms with van der Waals surface area (Å²) in [6, 6.07) is 4.35. The summed E-state index contributed by atoms with van der Waals surface area (Å²) in [5, 5.41) is 10.6. The fourth-order valence-electron chi connectivity index (χ4n) is 4.00. The van der Waals surface area contributed by atoms with Crippen LogP contribution in [0.2, 0.25) is 0 Å². The Morgan fingerprint density at radius 1 is 0.714 bits per heavy atom. The summed E-state index contributed by atoms with van der Waals surface area (Å²) in [7, 11) is 0.